The molecule has 0 saturated carbocycles. The molecule has 7 nitrogen and oxygen atoms in total. The van der Waals surface area contributed by atoms with Gasteiger partial charge in [-0.15, -0.1) is 0 Å². The predicted octanol–water partition coefficient (Wildman–Crippen LogP) is 5.79. The van der Waals surface area contributed by atoms with E-state index >= 15 is 0 Å². The summed E-state index contributed by atoms with van der Waals surface area (Å²) in [5, 5.41) is 2.84. The van der Waals surface area contributed by atoms with Crippen LogP contribution in [0.3, 0.4) is 0 Å². The Balaban J connectivity index is 2.09. The number of alkyl halides is 3. The van der Waals surface area contributed by atoms with Crippen LogP contribution < -0.4 is 9.62 Å². The van der Waals surface area contributed by atoms with Gasteiger partial charge in [-0.1, -0.05) is 74.9 Å². The van der Waals surface area contributed by atoms with Gasteiger partial charge in [-0.05, 0) is 55.2 Å². The molecule has 42 heavy (non-hydrogen) atoms. The zero-order valence-electron chi connectivity index (χ0n) is 24.1. The number of hydrogen-bond donors (Lipinski definition) is 1. The quantitative estimate of drug-likeness (QED) is 0.284. The van der Waals surface area contributed by atoms with Crippen molar-refractivity contribution in [2.75, 3.05) is 17.4 Å². The maximum absolute atomic E-state index is 14.0. The summed E-state index contributed by atoms with van der Waals surface area (Å²) >= 11 is 0. The average molecular weight is 604 g/mol. The zero-order chi connectivity index (χ0) is 31.1. The number of benzene rings is 3. The molecular formula is C31H36F3N3O4S. The van der Waals surface area contributed by atoms with Gasteiger partial charge in [0, 0.05) is 13.1 Å². The number of nitrogens with one attached hydrogen (secondary N) is 1. The molecule has 3 rings (SSSR count). The van der Waals surface area contributed by atoms with Crippen LogP contribution in [0, 0.1) is 12.8 Å². The molecule has 0 fully saturated rings. The predicted molar refractivity (Wildman–Crippen MR) is 156 cm³/mol. The molecular weight excluding hydrogens is 567 g/mol. The third kappa shape index (κ3) is 8.34. The summed E-state index contributed by atoms with van der Waals surface area (Å²) < 4.78 is 69.2. The summed E-state index contributed by atoms with van der Waals surface area (Å²) in [4.78, 5) is 28.3. The van der Waals surface area contributed by atoms with E-state index in [9.17, 15) is 31.2 Å². The van der Waals surface area contributed by atoms with Crippen LogP contribution in [-0.2, 0) is 32.3 Å². The van der Waals surface area contributed by atoms with E-state index in [0.717, 1.165) is 17.7 Å². The Hall–Kier alpha value is -3.86. The first-order chi connectivity index (χ1) is 19.7. The van der Waals surface area contributed by atoms with Gasteiger partial charge in [-0.3, -0.25) is 13.9 Å². The van der Waals surface area contributed by atoms with Crippen molar-refractivity contribution in [1.29, 1.82) is 0 Å². The summed E-state index contributed by atoms with van der Waals surface area (Å²) in [7, 11) is -4.49. The lowest BCUT2D eigenvalue weighted by atomic mass is 10.1. The fourth-order valence-corrected chi connectivity index (χ4v) is 5.73. The number of halogens is 3. The van der Waals surface area contributed by atoms with Crippen molar-refractivity contribution < 1.29 is 31.2 Å². The van der Waals surface area contributed by atoms with Gasteiger partial charge in [0.1, 0.15) is 12.6 Å². The number of rotatable bonds is 12. The number of amides is 2. The van der Waals surface area contributed by atoms with E-state index in [4.69, 9.17) is 0 Å². The Kier molecular flexibility index (Phi) is 10.8. The smallest absolute Gasteiger partial charge is 0.354 e. The summed E-state index contributed by atoms with van der Waals surface area (Å²) in [6, 6.07) is 17.6. The van der Waals surface area contributed by atoms with Gasteiger partial charge in [0.15, 0.2) is 0 Å². The molecule has 0 aromatic heterocycles. The minimum Gasteiger partial charge on any atom is -0.354 e. The fourth-order valence-electron chi connectivity index (χ4n) is 4.33. The highest BCUT2D eigenvalue weighted by Gasteiger charge is 2.36. The number of carbonyl (C=O) groups excluding carboxylic acids is 2. The summed E-state index contributed by atoms with van der Waals surface area (Å²) in [6.07, 6.45) is -4.50. The minimum atomic E-state index is -4.74. The molecule has 0 aliphatic carbocycles. The van der Waals surface area contributed by atoms with Crippen molar-refractivity contribution in [1.82, 2.24) is 10.2 Å². The van der Waals surface area contributed by atoms with Crippen molar-refractivity contribution in [3.05, 3.63) is 95.6 Å². The highest BCUT2D eigenvalue weighted by atomic mass is 32.2. The van der Waals surface area contributed by atoms with Crippen LogP contribution in [0.5, 0.6) is 0 Å². The lowest BCUT2D eigenvalue weighted by Crippen LogP contribution is -2.52. The molecule has 1 N–H and O–H groups in total. The number of nitrogens with zero attached hydrogens (tertiary/aromatic N) is 2. The highest BCUT2D eigenvalue weighted by molar-refractivity contribution is 7.92. The molecule has 1 unspecified atom stereocenters. The van der Waals surface area contributed by atoms with E-state index in [2.05, 4.69) is 5.32 Å². The SMILES string of the molecule is CCC(C(=O)NCC(C)C)N(Cc1ccccc1)C(=O)CN(c1cccc(C(F)(F)F)c1)S(=O)(=O)c1ccc(C)cc1. The van der Waals surface area contributed by atoms with E-state index in [-0.39, 0.29) is 29.5 Å². The third-order valence-electron chi connectivity index (χ3n) is 6.62. The summed E-state index contributed by atoms with van der Waals surface area (Å²) in [5.74, 6) is -0.984. The number of aryl methyl sites for hydroxylation is 1. The molecule has 11 heteroatoms. The molecule has 3 aromatic rings. The maximum Gasteiger partial charge on any atom is 0.416 e. The molecule has 0 bridgehead atoms. The number of carbonyl (C=O) groups is 2. The van der Waals surface area contributed by atoms with E-state index in [1.165, 1.54) is 23.1 Å². The first-order valence-corrected chi connectivity index (χ1v) is 15.1. The molecule has 0 radical (unpaired) electrons. The van der Waals surface area contributed by atoms with Gasteiger partial charge >= 0.3 is 6.18 Å². The van der Waals surface area contributed by atoms with Gasteiger partial charge in [0.05, 0.1) is 16.1 Å². The van der Waals surface area contributed by atoms with Crippen LogP contribution in [0.15, 0.2) is 83.8 Å². The topological polar surface area (TPSA) is 86.8 Å². The Bertz CT molecular complexity index is 1460. The maximum atomic E-state index is 14.0. The second-order valence-electron chi connectivity index (χ2n) is 10.4. The molecule has 0 saturated heterocycles. The monoisotopic (exact) mass is 603 g/mol. The standard InChI is InChI=1S/C31H36F3N3O4S/c1-5-28(30(39)35-19-22(2)3)36(20-24-10-7-6-8-11-24)29(38)21-37(26-13-9-12-25(18-26)31(32,33)34)42(40,41)27-16-14-23(4)15-17-27/h6-18,22,28H,5,19-21H2,1-4H3,(H,35,39). The van der Waals surface area contributed by atoms with Crippen LogP contribution in [0.4, 0.5) is 18.9 Å². The van der Waals surface area contributed by atoms with Crippen molar-refractivity contribution in [2.24, 2.45) is 5.92 Å². The lowest BCUT2D eigenvalue weighted by Gasteiger charge is -2.33. The van der Waals surface area contributed by atoms with Gasteiger partial charge in [-0.25, -0.2) is 8.42 Å². The Morgan fingerprint density at radius 3 is 2.14 bits per heavy atom. The fraction of sp³-hybridized carbons (Fsp3) is 0.355. The molecule has 226 valence electrons. The molecule has 0 spiro atoms. The minimum absolute atomic E-state index is 0.00567. The van der Waals surface area contributed by atoms with E-state index in [1.54, 1.807) is 56.3 Å². The summed E-state index contributed by atoms with van der Waals surface area (Å²) in [6.45, 7) is 6.90. The van der Waals surface area contributed by atoms with Crippen LogP contribution in [0.2, 0.25) is 0 Å². The lowest BCUT2D eigenvalue weighted by molar-refractivity contribution is -0.140. The van der Waals surface area contributed by atoms with Crippen molar-refractivity contribution in [3.8, 4) is 0 Å². The van der Waals surface area contributed by atoms with Crippen LogP contribution in [-0.4, -0.2) is 44.3 Å². The Morgan fingerprint density at radius 1 is 0.929 bits per heavy atom. The number of hydrogen-bond acceptors (Lipinski definition) is 4. The Morgan fingerprint density at radius 2 is 1.57 bits per heavy atom. The number of sulfonamides is 1. The molecule has 2 amide bonds. The van der Waals surface area contributed by atoms with Gasteiger partial charge < -0.3 is 10.2 Å². The van der Waals surface area contributed by atoms with Crippen LogP contribution >= 0.6 is 0 Å². The van der Waals surface area contributed by atoms with Crippen molar-refractivity contribution in [2.45, 2.75) is 57.8 Å². The van der Waals surface area contributed by atoms with Crippen molar-refractivity contribution in [3.63, 3.8) is 0 Å². The molecule has 3 aromatic carbocycles. The zero-order valence-corrected chi connectivity index (χ0v) is 24.9. The van der Waals surface area contributed by atoms with Gasteiger partial charge in [0.2, 0.25) is 11.8 Å². The largest absolute Gasteiger partial charge is 0.416 e. The van der Waals surface area contributed by atoms with E-state index in [0.29, 0.717) is 22.5 Å². The normalized spacial score (nSPS) is 12.6. The van der Waals surface area contributed by atoms with Crippen molar-refractivity contribution >= 4 is 27.5 Å². The second-order valence-corrected chi connectivity index (χ2v) is 12.3. The van der Waals surface area contributed by atoms with Gasteiger partial charge in [0.25, 0.3) is 10.0 Å². The van der Waals surface area contributed by atoms with E-state index < -0.39 is 46.2 Å². The second kappa shape index (κ2) is 13.9. The molecule has 0 aliphatic rings. The Labute approximate surface area is 245 Å². The van der Waals surface area contributed by atoms with Gasteiger partial charge in [-0.2, -0.15) is 13.2 Å². The van der Waals surface area contributed by atoms with Crippen LogP contribution in [0.1, 0.15) is 43.9 Å². The molecule has 0 aliphatic heterocycles. The molecule has 0 heterocycles. The van der Waals surface area contributed by atoms with E-state index in [1.807, 2.05) is 13.8 Å². The van der Waals surface area contributed by atoms with Crippen LogP contribution in [0.25, 0.3) is 0 Å². The highest BCUT2D eigenvalue weighted by Crippen LogP contribution is 2.33. The third-order valence-corrected chi connectivity index (χ3v) is 8.40. The summed E-state index contributed by atoms with van der Waals surface area (Å²) in [5.41, 5.74) is 0.101. The molecule has 1 atom stereocenters. The number of anilines is 1. The average Bonchev–Trinajstić information content (AvgIpc) is 2.94. The first kappa shape index (κ1) is 32.7. The first-order valence-electron chi connectivity index (χ1n) is 13.6.